The maximum Gasteiger partial charge on any atom is 0.261 e. The van der Waals surface area contributed by atoms with Gasteiger partial charge in [-0.3, -0.25) is 4.72 Å². The maximum atomic E-state index is 12.3. The molecule has 2 rings (SSSR count). The van der Waals surface area contributed by atoms with Crippen molar-refractivity contribution in [1.82, 2.24) is 0 Å². The van der Waals surface area contributed by atoms with E-state index < -0.39 is 10.0 Å². The number of hydrogen-bond acceptors (Lipinski definition) is 3. The Morgan fingerprint density at radius 3 is 2.30 bits per heavy atom. The van der Waals surface area contributed by atoms with E-state index in [1.165, 1.54) is 0 Å². The Kier molecular flexibility index (Phi) is 4.42. The molecule has 0 aliphatic rings. The molecule has 0 radical (unpaired) electrons. The minimum Gasteiger partial charge on any atom is -0.326 e. The highest BCUT2D eigenvalue weighted by atomic mass is 32.2. The Labute approximate surface area is 119 Å². The fraction of sp³-hybridized carbons (Fsp3) is 0.200. The van der Waals surface area contributed by atoms with Crippen LogP contribution in [-0.2, 0) is 23.0 Å². The molecule has 0 saturated heterocycles. The summed E-state index contributed by atoms with van der Waals surface area (Å²) in [5.74, 6) is 0. The van der Waals surface area contributed by atoms with Crippen molar-refractivity contribution in [3.05, 3.63) is 59.7 Å². The molecule has 20 heavy (non-hydrogen) atoms. The summed E-state index contributed by atoms with van der Waals surface area (Å²) in [5, 5.41) is 0. The standard InChI is InChI=1S/C15H18N2O2S/c1-2-12-7-9-14(10-8-12)20(18,19)17-15-6-4-3-5-13(15)11-16/h3-10,17H,2,11,16H2,1H3. The lowest BCUT2D eigenvalue weighted by molar-refractivity contribution is 0.601. The van der Waals surface area contributed by atoms with E-state index >= 15 is 0 Å². The van der Waals surface area contributed by atoms with Gasteiger partial charge in [-0.15, -0.1) is 0 Å². The van der Waals surface area contributed by atoms with Crippen LogP contribution in [0.15, 0.2) is 53.4 Å². The van der Waals surface area contributed by atoms with Gasteiger partial charge in [0, 0.05) is 6.54 Å². The Hall–Kier alpha value is -1.85. The van der Waals surface area contributed by atoms with Gasteiger partial charge in [0.25, 0.3) is 10.0 Å². The molecule has 0 unspecified atom stereocenters. The lowest BCUT2D eigenvalue weighted by Crippen LogP contribution is -2.15. The SMILES string of the molecule is CCc1ccc(S(=O)(=O)Nc2ccccc2CN)cc1. The zero-order valence-electron chi connectivity index (χ0n) is 11.3. The molecular formula is C15H18N2O2S. The third-order valence-electron chi connectivity index (χ3n) is 3.12. The maximum absolute atomic E-state index is 12.3. The van der Waals surface area contributed by atoms with Gasteiger partial charge in [0.15, 0.2) is 0 Å². The minimum atomic E-state index is -3.58. The first-order chi connectivity index (χ1) is 9.56. The molecule has 0 saturated carbocycles. The highest BCUT2D eigenvalue weighted by Crippen LogP contribution is 2.20. The van der Waals surface area contributed by atoms with Crippen LogP contribution in [0.5, 0.6) is 0 Å². The molecule has 0 aliphatic carbocycles. The van der Waals surface area contributed by atoms with Crippen molar-refractivity contribution in [3.8, 4) is 0 Å². The number of rotatable bonds is 5. The summed E-state index contributed by atoms with van der Waals surface area (Å²) in [5.41, 5.74) is 8.00. The topological polar surface area (TPSA) is 72.2 Å². The number of benzene rings is 2. The fourth-order valence-corrected chi connectivity index (χ4v) is 3.01. The van der Waals surface area contributed by atoms with Crippen LogP contribution in [-0.4, -0.2) is 8.42 Å². The highest BCUT2D eigenvalue weighted by molar-refractivity contribution is 7.92. The van der Waals surface area contributed by atoms with E-state index in [2.05, 4.69) is 4.72 Å². The number of aryl methyl sites for hydroxylation is 1. The fourth-order valence-electron chi connectivity index (χ4n) is 1.91. The molecule has 0 fully saturated rings. The van der Waals surface area contributed by atoms with Crippen molar-refractivity contribution >= 4 is 15.7 Å². The van der Waals surface area contributed by atoms with E-state index in [1.807, 2.05) is 25.1 Å². The van der Waals surface area contributed by atoms with Gasteiger partial charge in [-0.1, -0.05) is 37.3 Å². The third-order valence-corrected chi connectivity index (χ3v) is 4.50. The first kappa shape index (κ1) is 14.6. The molecule has 0 aliphatic heterocycles. The van der Waals surface area contributed by atoms with Crippen LogP contribution in [0.4, 0.5) is 5.69 Å². The zero-order valence-corrected chi connectivity index (χ0v) is 12.2. The van der Waals surface area contributed by atoms with Crippen molar-refractivity contribution in [2.24, 2.45) is 5.73 Å². The second kappa shape index (κ2) is 6.07. The van der Waals surface area contributed by atoms with E-state index in [9.17, 15) is 8.42 Å². The minimum absolute atomic E-state index is 0.251. The first-order valence-corrected chi connectivity index (χ1v) is 7.95. The Balaban J connectivity index is 2.30. The molecule has 2 aromatic carbocycles. The molecule has 0 bridgehead atoms. The number of nitrogens with one attached hydrogen (secondary N) is 1. The predicted octanol–water partition coefficient (Wildman–Crippen LogP) is 2.51. The van der Waals surface area contributed by atoms with Gasteiger partial charge in [0.1, 0.15) is 0 Å². The van der Waals surface area contributed by atoms with Crippen LogP contribution in [0.1, 0.15) is 18.1 Å². The number of sulfonamides is 1. The van der Waals surface area contributed by atoms with Crippen molar-refractivity contribution in [2.75, 3.05) is 4.72 Å². The highest BCUT2D eigenvalue weighted by Gasteiger charge is 2.15. The molecule has 4 nitrogen and oxygen atoms in total. The van der Waals surface area contributed by atoms with Gasteiger partial charge in [-0.25, -0.2) is 8.42 Å². The Morgan fingerprint density at radius 2 is 1.70 bits per heavy atom. The Bertz CT molecular complexity index is 679. The van der Waals surface area contributed by atoms with Crippen molar-refractivity contribution in [3.63, 3.8) is 0 Å². The number of para-hydroxylation sites is 1. The predicted molar refractivity (Wildman–Crippen MR) is 81.0 cm³/mol. The molecule has 0 spiro atoms. The van der Waals surface area contributed by atoms with E-state index in [0.29, 0.717) is 5.69 Å². The summed E-state index contributed by atoms with van der Waals surface area (Å²) in [6.07, 6.45) is 0.879. The van der Waals surface area contributed by atoms with E-state index in [1.54, 1.807) is 30.3 Å². The summed E-state index contributed by atoms with van der Waals surface area (Å²) < 4.78 is 27.2. The normalized spacial score (nSPS) is 11.3. The van der Waals surface area contributed by atoms with Gasteiger partial charge >= 0.3 is 0 Å². The van der Waals surface area contributed by atoms with Gasteiger partial charge in [-0.2, -0.15) is 0 Å². The summed E-state index contributed by atoms with van der Waals surface area (Å²) in [4.78, 5) is 0.251. The van der Waals surface area contributed by atoms with Crippen LogP contribution >= 0.6 is 0 Å². The van der Waals surface area contributed by atoms with Gasteiger partial charge in [-0.05, 0) is 35.7 Å². The number of anilines is 1. The van der Waals surface area contributed by atoms with Crippen molar-refractivity contribution < 1.29 is 8.42 Å². The van der Waals surface area contributed by atoms with Crippen molar-refractivity contribution in [2.45, 2.75) is 24.8 Å². The number of nitrogens with two attached hydrogens (primary N) is 1. The summed E-state index contributed by atoms with van der Waals surface area (Å²) >= 11 is 0. The third kappa shape index (κ3) is 3.18. The van der Waals surface area contributed by atoms with Crippen LogP contribution in [0.2, 0.25) is 0 Å². The molecule has 0 atom stereocenters. The van der Waals surface area contributed by atoms with Crippen LogP contribution < -0.4 is 10.5 Å². The number of hydrogen-bond donors (Lipinski definition) is 2. The van der Waals surface area contributed by atoms with E-state index in [-0.39, 0.29) is 11.4 Å². The average molecular weight is 290 g/mol. The van der Waals surface area contributed by atoms with Crippen LogP contribution in [0.25, 0.3) is 0 Å². The average Bonchev–Trinajstić information content (AvgIpc) is 2.47. The van der Waals surface area contributed by atoms with Gasteiger partial charge in [0.05, 0.1) is 10.6 Å². The molecule has 3 N–H and O–H groups in total. The second-order valence-electron chi connectivity index (χ2n) is 4.46. The monoisotopic (exact) mass is 290 g/mol. The lowest BCUT2D eigenvalue weighted by Gasteiger charge is -2.11. The molecule has 5 heteroatoms. The smallest absolute Gasteiger partial charge is 0.261 e. The lowest BCUT2D eigenvalue weighted by atomic mass is 10.2. The molecular weight excluding hydrogens is 272 g/mol. The van der Waals surface area contributed by atoms with Crippen LogP contribution in [0, 0.1) is 0 Å². The van der Waals surface area contributed by atoms with Crippen molar-refractivity contribution in [1.29, 1.82) is 0 Å². The van der Waals surface area contributed by atoms with E-state index in [4.69, 9.17) is 5.73 Å². The first-order valence-electron chi connectivity index (χ1n) is 6.46. The molecule has 106 valence electrons. The van der Waals surface area contributed by atoms with E-state index in [0.717, 1.165) is 17.5 Å². The van der Waals surface area contributed by atoms with Gasteiger partial charge < -0.3 is 5.73 Å². The molecule has 0 amide bonds. The molecule has 0 aromatic heterocycles. The van der Waals surface area contributed by atoms with Crippen LogP contribution in [0.3, 0.4) is 0 Å². The summed E-state index contributed by atoms with van der Waals surface area (Å²) in [6, 6.07) is 14.0. The molecule has 2 aromatic rings. The van der Waals surface area contributed by atoms with Gasteiger partial charge in [0.2, 0.25) is 0 Å². The summed E-state index contributed by atoms with van der Waals surface area (Å²) in [6.45, 7) is 2.31. The zero-order chi connectivity index (χ0) is 14.6. The Morgan fingerprint density at radius 1 is 1.05 bits per heavy atom. The molecule has 0 heterocycles. The second-order valence-corrected chi connectivity index (χ2v) is 6.15. The quantitative estimate of drug-likeness (QED) is 0.888. The summed E-state index contributed by atoms with van der Waals surface area (Å²) in [7, 11) is -3.58. The largest absolute Gasteiger partial charge is 0.326 e.